The van der Waals surface area contributed by atoms with Gasteiger partial charge in [0.15, 0.2) is 0 Å². The van der Waals surface area contributed by atoms with Gasteiger partial charge in [0.05, 0.1) is 0 Å². The third-order valence-electron chi connectivity index (χ3n) is 4.72. The molecule has 0 unspecified atom stereocenters. The van der Waals surface area contributed by atoms with Gasteiger partial charge in [0, 0.05) is 29.3 Å². The minimum atomic E-state index is -0.826. The van der Waals surface area contributed by atoms with Crippen molar-refractivity contribution in [3.8, 4) is 5.75 Å². The van der Waals surface area contributed by atoms with Crippen LogP contribution >= 0.6 is 17.0 Å². The third-order valence-corrected chi connectivity index (χ3v) is 4.72. The fourth-order valence-electron chi connectivity index (χ4n) is 3.28. The molecule has 0 radical (unpaired) electrons. The molecule has 3 aromatic rings. The molecule has 0 spiro atoms. The van der Waals surface area contributed by atoms with Gasteiger partial charge in [-0.05, 0) is 31.0 Å². The maximum atomic E-state index is 11.0. The Morgan fingerprint density at radius 1 is 0.893 bits per heavy atom. The van der Waals surface area contributed by atoms with Gasteiger partial charge in [-0.15, -0.1) is 0 Å². The van der Waals surface area contributed by atoms with Crippen molar-refractivity contribution in [1.29, 1.82) is 0 Å². The van der Waals surface area contributed by atoms with E-state index >= 15 is 0 Å². The molecule has 0 saturated heterocycles. The molecule has 0 fully saturated rings. The summed E-state index contributed by atoms with van der Waals surface area (Å²) < 4.78 is 0. The van der Waals surface area contributed by atoms with Gasteiger partial charge in [-0.3, -0.25) is 4.99 Å². The molecule has 1 N–H and O–H groups in total. The Balaban J connectivity index is 0.000000878. The summed E-state index contributed by atoms with van der Waals surface area (Å²) in [4.78, 5) is 4.29. The van der Waals surface area contributed by atoms with Crippen molar-refractivity contribution in [3.63, 3.8) is 0 Å². The van der Waals surface area contributed by atoms with E-state index in [0.29, 0.717) is 6.54 Å². The number of rotatable bonds is 5. The zero-order valence-electron chi connectivity index (χ0n) is 15.9. The summed E-state index contributed by atoms with van der Waals surface area (Å²) in [6.45, 7) is 4.83. The Labute approximate surface area is 185 Å². The molecule has 0 aromatic heterocycles. The quantitative estimate of drug-likeness (QED) is 0.318. The van der Waals surface area contributed by atoms with Gasteiger partial charge in [0.1, 0.15) is 5.75 Å². The van der Waals surface area contributed by atoms with Crippen LogP contribution < -0.4 is 0 Å². The van der Waals surface area contributed by atoms with Gasteiger partial charge in [0.2, 0.25) is 0 Å². The number of para-hydroxylation sites is 1. The van der Waals surface area contributed by atoms with Gasteiger partial charge >= 0.3 is 37.9 Å². The maximum absolute atomic E-state index is 11.0. The average Bonchev–Trinajstić information content (AvgIpc) is 2.74. The fraction of sp³-hybridized carbons (Fsp3) is 0.174. The number of phenols is 1. The SMILES string of the molecule is CCN=Cc1cccc(C(C)(c2ccccc2)c2ccccc2)c1O.[Cl][Zr][Cl]. The number of phenolic OH excluding ortho intramolecular Hbond substituents is 1. The number of nitrogens with zero attached hydrogens (tertiary/aromatic N) is 1. The average molecular weight is 492 g/mol. The van der Waals surface area contributed by atoms with Crippen molar-refractivity contribution in [2.24, 2.45) is 4.99 Å². The van der Waals surface area contributed by atoms with Gasteiger partial charge in [-0.25, -0.2) is 0 Å². The second-order valence-electron chi connectivity index (χ2n) is 6.30. The Morgan fingerprint density at radius 3 is 1.86 bits per heavy atom. The van der Waals surface area contributed by atoms with Crippen LogP contribution in [-0.4, -0.2) is 17.9 Å². The first kappa shape index (κ1) is 22.9. The number of halogens is 2. The molecule has 3 aromatic carbocycles. The minimum absolute atomic E-state index is 0.287. The molecule has 0 aliphatic rings. The standard InChI is InChI=1S/C23H23NO.2ClH.Zr/c1-3-24-17-18-11-10-16-21(22(18)25)23(2,19-12-6-4-7-13-19)20-14-8-5-9-15-20;;;/h4-17,25H,3H2,1-2H3;2*1H;/q;;;+2/p-2. The molecule has 0 heterocycles. The summed E-state index contributed by atoms with van der Waals surface area (Å²) in [5.74, 6) is 0.287. The van der Waals surface area contributed by atoms with Crippen molar-refractivity contribution < 1.29 is 26.0 Å². The van der Waals surface area contributed by atoms with E-state index in [0.717, 1.165) is 22.3 Å². The Kier molecular flexibility index (Phi) is 9.45. The van der Waals surface area contributed by atoms with E-state index < -0.39 is 26.3 Å². The van der Waals surface area contributed by atoms with Gasteiger partial charge in [-0.1, -0.05) is 72.8 Å². The molecule has 0 amide bonds. The molecule has 0 aliphatic heterocycles. The van der Waals surface area contributed by atoms with Crippen molar-refractivity contribution >= 4 is 23.2 Å². The first-order valence-electron chi connectivity index (χ1n) is 8.99. The second-order valence-corrected chi connectivity index (χ2v) is 10.0. The van der Waals surface area contributed by atoms with Crippen LogP contribution in [-0.2, 0) is 26.3 Å². The summed E-state index contributed by atoms with van der Waals surface area (Å²) in [6.07, 6.45) is 1.75. The van der Waals surface area contributed by atoms with Crippen molar-refractivity contribution in [2.45, 2.75) is 19.3 Å². The Hall–Kier alpha value is -1.41. The van der Waals surface area contributed by atoms with Crippen LogP contribution in [0.5, 0.6) is 5.75 Å². The van der Waals surface area contributed by atoms with Gasteiger partial charge < -0.3 is 5.11 Å². The predicted octanol–water partition coefficient (Wildman–Crippen LogP) is 6.56. The molecule has 3 rings (SSSR count). The first-order chi connectivity index (χ1) is 13.6. The zero-order valence-corrected chi connectivity index (χ0v) is 19.9. The van der Waals surface area contributed by atoms with E-state index in [9.17, 15) is 5.11 Å². The van der Waals surface area contributed by atoms with Crippen LogP contribution in [0.25, 0.3) is 0 Å². The van der Waals surface area contributed by atoms with Crippen LogP contribution in [0.1, 0.15) is 36.1 Å². The molecule has 0 bridgehead atoms. The number of hydrogen-bond acceptors (Lipinski definition) is 2. The van der Waals surface area contributed by atoms with E-state index in [1.807, 2.05) is 61.5 Å². The summed E-state index contributed by atoms with van der Waals surface area (Å²) in [7, 11) is 9.87. The summed E-state index contributed by atoms with van der Waals surface area (Å²) >= 11 is -0.826. The van der Waals surface area contributed by atoms with Crippen LogP contribution in [0.2, 0.25) is 0 Å². The molecular formula is C23H23Cl2NOZr. The second kappa shape index (κ2) is 11.6. The van der Waals surface area contributed by atoms with E-state index in [1.54, 1.807) is 6.21 Å². The first-order valence-corrected chi connectivity index (χ1v) is 15.3. The van der Waals surface area contributed by atoms with Crippen LogP contribution in [0, 0.1) is 0 Å². The predicted molar refractivity (Wildman–Crippen MR) is 116 cm³/mol. The molecule has 144 valence electrons. The molecule has 5 heteroatoms. The monoisotopic (exact) mass is 489 g/mol. The van der Waals surface area contributed by atoms with Crippen molar-refractivity contribution in [3.05, 3.63) is 101 Å². The molecule has 28 heavy (non-hydrogen) atoms. The Morgan fingerprint density at radius 2 is 1.39 bits per heavy atom. The van der Waals surface area contributed by atoms with E-state index in [-0.39, 0.29) is 5.75 Å². The number of aromatic hydroxyl groups is 1. The number of hydrogen-bond donors (Lipinski definition) is 1. The summed E-state index contributed by atoms with van der Waals surface area (Å²) in [5.41, 5.74) is 3.45. The van der Waals surface area contributed by atoms with Gasteiger partial charge in [0.25, 0.3) is 0 Å². The van der Waals surface area contributed by atoms with E-state index in [1.165, 1.54) is 0 Å². The molecule has 0 saturated carbocycles. The molecule has 0 aliphatic carbocycles. The zero-order chi connectivity index (χ0) is 20.4. The van der Waals surface area contributed by atoms with E-state index in [4.69, 9.17) is 17.0 Å². The van der Waals surface area contributed by atoms with Gasteiger partial charge in [-0.2, -0.15) is 0 Å². The topological polar surface area (TPSA) is 32.6 Å². The van der Waals surface area contributed by atoms with Crippen LogP contribution in [0.3, 0.4) is 0 Å². The number of aliphatic imine (C=N–C) groups is 1. The fourth-order valence-corrected chi connectivity index (χ4v) is 3.28. The van der Waals surface area contributed by atoms with Crippen molar-refractivity contribution in [2.75, 3.05) is 6.54 Å². The number of benzene rings is 3. The summed E-state index contributed by atoms with van der Waals surface area (Å²) in [5, 5.41) is 11.0. The summed E-state index contributed by atoms with van der Waals surface area (Å²) in [6, 6.07) is 26.5. The van der Waals surface area contributed by atoms with Crippen molar-refractivity contribution in [1.82, 2.24) is 0 Å². The van der Waals surface area contributed by atoms with Crippen LogP contribution in [0.15, 0.2) is 83.9 Å². The molecule has 0 atom stereocenters. The van der Waals surface area contributed by atoms with Crippen LogP contribution in [0.4, 0.5) is 0 Å². The molecule has 2 nitrogen and oxygen atoms in total. The van der Waals surface area contributed by atoms with E-state index in [2.05, 4.69) is 36.2 Å². The normalized spacial score (nSPS) is 11.0. The Bertz CT molecular complexity index is 846. The molecular weight excluding hydrogens is 468 g/mol. The third kappa shape index (κ3) is 5.35.